The highest BCUT2D eigenvalue weighted by Crippen LogP contribution is 2.29. The molecule has 112 valence electrons. The van der Waals surface area contributed by atoms with Gasteiger partial charge >= 0.3 is 5.97 Å². The Hall–Kier alpha value is -0.530. The molecule has 0 spiro atoms. The normalized spacial score (nSPS) is 18.4. The molecule has 1 fully saturated rings. The standard InChI is InChI=1S/C17H32O2/c1-2-3-4-8-13-16(17(18)19)14-9-12-15-10-6-5-7-11-15/h15-16H,2-14H2,1H3,(H,18,19). The number of hydrogen-bond donors (Lipinski definition) is 1. The molecule has 0 bridgehead atoms. The van der Waals surface area contributed by atoms with E-state index in [2.05, 4.69) is 6.92 Å². The van der Waals surface area contributed by atoms with Crippen molar-refractivity contribution in [3.05, 3.63) is 0 Å². The second-order valence-electron chi connectivity index (χ2n) is 6.32. The molecule has 0 aromatic rings. The summed E-state index contributed by atoms with van der Waals surface area (Å²) in [5, 5.41) is 9.27. The van der Waals surface area contributed by atoms with Crippen molar-refractivity contribution < 1.29 is 9.90 Å². The molecule has 1 aliphatic rings. The van der Waals surface area contributed by atoms with E-state index in [-0.39, 0.29) is 5.92 Å². The zero-order valence-corrected chi connectivity index (χ0v) is 12.7. The summed E-state index contributed by atoms with van der Waals surface area (Å²) in [5.41, 5.74) is 0. The smallest absolute Gasteiger partial charge is 0.306 e. The molecule has 19 heavy (non-hydrogen) atoms. The van der Waals surface area contributed by atoms with Gasteiger partial charge in [-0.1, -0.05) is 77.6 Å². The van der Waals surface area contributed by atoms with Gasteiger partial charge in [-0.15, -0.1) is 0 Å². The number of carbonyl (C=O) groups is 1. The molecule has 2 heteroatoms. The van der Waals surface area contributed by atoms with Crippen molar-refractivity contribution in [2.45, 2.75) is 90.4 Å². The minimum absolute atomic E-state index is 0.0829. The van der Waals surface area contributed by atoms with E-state index in [0.29, 0.717) is 0 Å². The molecule has 0 aromatic heterocycles. The first-order valence-corrected chi connectivity index (χ1v) is 8.46. The lowest BCUT2D eigenvalue weighted by molar-refractivity contribution is -0.142. The second-order valence-corrected chi connectivity index (χ2v) is 6.32. The lowest BCUT2D eigenvalue weighted by Crippen LogP contribution is -2.14. The second kappa shape index (κ2) is 10.3. The summed E-state index contributed by atoms with van der Waals surface area (Å²) >= 11 is 0. The maximum Gasteiger partial charge on any atom is 0.306 e. The summed E-state index contributed by atoms with van der Waals surface area (Å²) in [6, 6.07) is 0. The summed E-state index contributed by atoms with van der Waals surface area (Å²) < 4.78 is 0. The summed E-state index contributed by atoms with van der Waals surface area (Å²) in [5.74, 6) is 0.240. The molecule has 1 atom stereocenters. The van der Waals surface area contributed by atoms with Gasteiger partial charge in [-0.2, -0.15) is 0 Å². The van der Waals surface area contributed by atoms with Crippen molar-refractivity contribution >= 4 is 5.97 Å². The third-order valence-corrected chi connectivity index (χ3v) is 4.65. The summed E-state index contributed by atoms with van der Waals surface area (Å²) in [7, 11) is 0. The first-order valence-electron chi connectivity index (χ1n) is 8.46. The lowest BCUT2D eigenvalue weighted by Gasteiger charge is -2.22. The minimum Gasteiger partial charge on any atom is -0.481 e. The van der Waals surface area contributed by atoms with E-state index < -0.39 is 5.97 Å². The van der Waals surface area contributed by atoms with Crippen LogP contribution in [-0.2, 0) is 4.79 Å². The predicted molar refractivity (Wildman–Crippen MR) is 80.3 cm³/mol. The highest BCUT2D eigenvalue weighted by atomic mass is 16.4. The van der Waals surface area contributed by atoms with Crippen LogP contribution in [0.4, 0.5) is 0 Å². The van der Waals surface area contributed by atoms with E-state index in [1.54, 1.807) is 0 Å². The van der Waals surface area contributed by atoms with Crippen LogP contribution in [0.3, 0.4) is 0 Å². The fourth-order valence-corrected chi connectivity index (χ4v) is 3.34. The van der Waals surface area contributed by atoms with Crippen molar-refractivity contribution in [3.8, 4) is 0 Å². The average molecular weight is 268 g/mol. The maximum absolute atomic E-state index is 11.2. The van der Waals surface area contributed by atoms with E-state index in [1.165, 1.54) is 57.8 Å². The van der Waals surface area contributed by atoms with Crippen LogP contribution in [0.5, 0.6) is 0 Å². The van der Waals surface area contributed by atoms with E-state index in [1.807, 2.05) is 0 Å². The van der Waals surface area contributed by atoms with E-state index in [0.717, 1.165) is 31.6 Å². The predicted octanol–water partition coefficient (Wildman–Crippen LogP) is 5.41. The van der Waals surface area contributed by atoms with Crippen LogP contribution in [-0.4, -0.2) is 11.1 Å². The number of rotatable bonds is 10. The first-order chi connectivity index (χ1) is 9.24. The molecule has 0 radical (unpaired) electrons. The molecule has 1 aliphatic carbocycles. The highest BCUT2D eigenvalue weighted by Gasteiger charge is 2.18. The van der Waals surface area contributed by atoms with Crippen LogP contribution < -0.4 is 0 Å². The van der Waals surface area contributed by atoms with Gasteiger partial charge in [0.2, 0.25) is 0 Å². The Morgan fingerprint density at radius 3 is 2.37 bits per heavy atom. The van der Waals surface area contributed by atoms with Crippen molar-refractivity contribution in [1.82, 2.24) is 0 Å². The van der Waals surface area contributed by atoms with Gasteiger partial charge in [-0.25, -0.2) is 0 Å². The molecule has 1 rings (SSSR count). The topological polar surface area (TPSA) is 37.3 Å². The van der Waals surface area contributed by atoms with Gasteiger partial charge in [-0.05, 0) is 18.8 Å². The van der Waals surface area contributed by atoms with Crippen molar-refractivity contribution in [2.24, 2.45) is 11.8 Å². The Kier molecular flexibility index (Phi) is 8.94. The number of carboxylic acid groups (broad SMARTS) is 1. The zero-order chi connectivity index (χ0) is 13.9. The number of unbranched alkanes of at least 4 members (excludes halogenated alkanes) is 3. The van der Waals surface area contributed by atoms with E-state index in [4.69, 9.17) is 0 Å². The molecular weight excluding hydrogens is 236 g/mol. The molecule has 2 nitrogen and oxygen atoms in total. The molecule has 1 N–H and O–H groups in total. The molecule has 0 heterocycles. The van der Waals surface area contributed by atoms with Crippen LogP contribution >= 0.6 is 0 Å². The van der Waals surface area contributed by atoms with Crippen LogP contribution in [0.15, 0.2) is 0 Å². The van der Waals surface area contributed by atoms with E-state index >= 15 is 0 Å². The van der Waals surface area contributed by atoms with Gasteiger partial charge in [0.15, 0.2) is 0 Å². The number of aliphatic carboxylic acids is 1. The van der Waals surface area contributed by atoms with Gasteiger partial charge in [-0.3, -0.25) is 4.79 Å². The molecule has 0 amide bonds. The van der Waals surface area contributed by atoms with Crippen LogP contribution in [0.25, 0.3) is 0 Å². The third-order valence-electron chi connectivity index (χ3n) is 4.65. The highest BCUT2D eigenvalue weighted by molar-refractivity contribution is 5.69. The summed E-state index contributed by atoms with van der Waals surface area (Å²) in [4.78, 5) is 11.2. The van der Waals surface area contributed by atoms with Crippen molar-refractivity contribution in [1.29, 1.82) is 0 Å². The summed E-state index contributed by atoms with van der Waals surface area (Å²) in [6.45, 7) is 2.19. The van der Waals surface area contributed by atoms with Gasteiger partial charge in [0.05, 0.1) is 5.92 Å². The quantitative estimate of drug-likeness (QED) is 0.538. The molecule has 0 aliphatic heterocycles. The van der Waals surface area contributed by atoms with Crippen molar-refractivity contribution in [2.75, 3.05) is 0 Å². The average Bonchev–Trinajstić information content (AvgIpc) is 2.42. The van der Waals surface area contributed by atoms with Crippen LogP contribution in [0.2, 0.25) is 0 Å². The fraction of sp³-hybridized carbons (Fsp3) is 0.941. The van der Waals surface area contributed by atoms with Gasteiger partial charge < -0.3 is 5.11 Å². The molecule has 1 saturated carbocycles. The number of carboxylic acids is 1. The lowest BCUT2D eigenvalue weighted by atomic mass is 9.84. The SMILES string of the molecule is CCCCCCC(CCCC1CCCCC1)C(=O)O. The monoisotopic (exact) mass is 268 g/mol. The van der Waals surface area contributed by atoms with Crippen molar-refractivity contribution in [3.63, 3.8) is 0 Å². The van der Waals surface area contributed by atoms with Gasteiger partial charge in [0, 0.05) is 0 Å². The first kappa shape index (κ1) is 16.5. The maximum atomic E-state index is 11.2. The Morgan fingerprint density at radius 1 is 1.05 bits per heavy atom. The minimum atomic E-state index is -0.569. The van der Waals surface area contributed by atoms with Gasteiger partial charge in [0.25, 0.3) is 0 Å². The Morgan fingerprint density at radius 2 is 1.74 bits per heavy atom. The van der Waals surface area contributed by atoms with Gasteiger partial charge in [0.1, 0.15) is 0 Å². The Bertz CT molecular complexity index is 231. The Balaban J connectivity index is 2.12. The molecular formula is C17H32O2. The van der Waals surface area contributed by atoms with E-state index in [9.17, 15) is 9.90 Å². The van der Waals surface area contributed by atoms with Crippen LogP contribution in [0.1, 0.15) is 90.4 Å². The Labute approximate surface area is 119 Å². The fourth-order valence-electron chi connectivity index (χ4n) is 3.34. The molecule has 1 unspecified atom stereocenters. The zero-order valence-electron chi connectivity index (χ0n) is 12.7. The molecule has 0 aromatic carbocycles. The largest absolute Gasteiger partial charge is 0.481 e. The summed E-state index contributed by atoms with van der Waals surface area (Å²) in [6.07, 6.45) is 15.9. The molecule has 0 saturated heterocycles. The third kappa shape index (κ3) is 7.59. The number of hydrogen-bond acceptors (Lipinski definition) is 1. The van der Waals surface area contributed by atoms with Crippen LogP contribution in [0, 0.1) is 11.8 Å².